The number of aromatic nitrogens is 2. The number of hydroxylamine groups is 2. The number of hydrogen-bond acceptors (Lipinski definition) is 7. The first kappa shape index (κ1) is 15.7. The number of carbonyl (C=O) groups excluding carboxylic acids is 2. The van der Waals surface area contributed by atoms with Crippen molar-refractivity contribution in [2.45, 2.75) is 25.8 Å². The fourth-order valence-corrected chi connectivity index (χ4v) is 2.26. The summed E-state index contributed by atoms with van der Waals surface area (Å²) in [5.74, 6) is -1.63. The number of rotatable bonds is 5. The van der Waals surface area contributed by atoms with Crippen LogP contribution in [0.4, 0.5) is 5.82 Å². The molecular formula is C15H14N4O5. The Kier molecular flexibility index (Phi) is 3.98. The van der Waals surface area contributed by atoms with Gasteiger partial charge in [-0.2, -0.15) is 0 Å². The van der Waals surface area contributed by atoms with Crippen LogP contribution in [0.3, 0.4) is 0 Å². The van der Waals surface area contributed by atoms with Gasteiger partial charge in [-0.05, 0) is 13.0 Å². The number of hydrogen-bond donors (Lipinski definition) is 2. The molecule has 1 aliphatic rings. The third-order valence-electron chi connectivity index (χ3n) is 3.56. The van der Waals surface area contributed by atoms with E-state index in [1.807, 2.05) is 0 Å². The SMILES string of the molecule is CC(Nc1nnc(ON2C(=O)CCC2=O)c2ccccc12)C(=O)O. The summed E-state index contributed by atoms with van der Waals surface area (Å²) < 4.78 is 0. The number of nitrogens with one attached hydrogen (secondary N) is 1. The van der Waals surface area contributed by atoms with Crippen LogP contribution < -0.4 is 10.2 Å². The second-order valence-corrected chi connectivity index (χ2v) is 5.28. The molecule has 9 heteroatoms. The molecule has 1 atom stereocenters. The quantitative estimate of drug-likeness (QED) is 0.777. The van der Waals surface area contributed by atoms with Crippen LogP contribution in [0.5, 0.6) is 5.88 Å². The van der Waals surface area contributed by atoms with Gasteiger partial charge in [0.2, 0.25) is 0 Å². The van der Waals surface area contributed by atoms with Gasteiger partial charge in [0.05, 0.1) is 5.39 Å². The Bertz CT molecular complexity index is 822. The summed E-state index contributed by atoms with van der Waals surface area (Å²) in [6.45, 7) is 1.48. The van der Waals surface area contributed by atoms with Gasteiger partial charge in [0.1, 0.15) is 6.04 Å². The number of benzene rings is 1. The minimum atomic E-state index is -1.03. The highest BCUT2D eigenvalue weighted by atomic mass is 16.7. The van der Waals surface area contributed by atoms with E-state index in [-0.39, 0.29) is 24.5 Å². The third-order valence-corrected chi connectivity index (χ3v) is 3.56. The van der Waals surface area contributed by atoms with E-state index >= 15 is 0 Å². The predicted molar refractivity (Wildman–Crippen MR) is 82.0 cm³/mol. The predicted octanol–water partition coefficient (Wildman–Crippen LogP) is 0.958. The molecule has 1 aromatic carbocycles. The summed E-state index contributed by atoms with van der Waals surface area (Å²) in [5.41, 5.74) is 0. The van der Waals surface area contributed by atoms with Gasteiger partial charge >= 0.3 is 5.97 Å². The summed E-state index contributed by atoms with van der Waals surface area (Å²) in [4.78, 5) is 39.7. The van der Waals surface area contributed by atoms with Crippen molar-refractivity contribution in [3.8, 4) is 5.88 Å². The molecule has 9 nitrogen and oxygen atoms in total. The number of anilines is 1. The summed E-state index contributed by atoms with van der Waals surface area (Å²) in [6, 6.07) is 6.00. The summed E-state index contributed by atoms with van der Waals surface area (Å²) >= 11 is 0. The van der Waals surface area contributed by atoms with Gasteiger partial charge in [-0.1, -0.05) is 18.2 Å². The van der Waals surface area contributed by atoms with E-state index < -0.39 is 23.8 Å². The van der Waals surface area contributed by atoms with E-state index in [2.05, 4.69) is 15.5 Å². The van der Waals surface area contributed by atoms with E-state index in [1.165, 1.54) is 6.92 Å². The van der Waals surface area contributed by atoms with Crippen LogP contribution in [-0.2, 0) is 14.4 Å². The Morgan fingerprint density at radius 2 is 1.83 bits per heavy atom. The Morgan fingerprint density at radius 1 is 1.21 bits per heavy atom. The molecule has 0 aliphatic carbocycles. The van der Waals surface area contributed by atoms with Crippen LogP contribution in [0.2, 0.25) is 0 Å². The molecule has 2 aromatic rings. The lowest BCUT2D eigenvalue weighted by Gasteiger charge is -2.16. The maximum absolute atomic E-state index is 11.7. The Labute approximate surface area is 136 Å². The standard InChI is InChI=1S/C15H14N4O5/c1-8(15(22)23)16-13-9-4-2-3-5-10(9)14(18-17-13)24-19-11(20)6-7-12(19)21/h2-5,8H,6-7H2,1H3,(H,16,17)(H,22,23). The number of carboxylic acid groups (broad SMARTS) is 1. The topological polar surface area (TPSA) is 122 Å². The Balaban J connectivity index is 1.98. The van der Waals surface area contributed by atoms with Crippen molar-refractivity contribution in [3.63, 3.8) is 0 Å². The molecule has 2 heterocycles. The first-order chi connectivity index (χ1) is 11.5. The zero-order valence-corrected chi connectivity index (χ0v) is 12.7. The van der Waals surface area contributed by atoms with E-state index in [0.29, 0.717) is 15.8 Å². The molecule has 1 aliphatic heterocycles. The fraction of sp³-hybridized carbons (Fsp3) is 0.267. The minimum Gasteiger partial charge on any atom is -0.480 e. The normalized spacial score (nSPS) is 15.6. The van der Waals surface area contributed by atoms with Crippen molar-refractivity contribution in [2.24, 2.45) is 0 Å². The lowest BCUT2D eigenvalue weighted by Crippen LogP contribution is -2.33. The Morgan fingerprint density at radius 3 is 2.46 bits per heavy atom. The van der Waals surface area contributed by atoms with E-state index in [1.54, 1.807) is 24.3 Å². The molecule has 124 valence electrons. The zero-order chi connectivity index (χ0) is 17.3. The average molecular weight is 330 g/mol. The van der Waals surface area contributed by atoms with Crippen molar-refractivity contribution in [2.75, 3.05) is 5.32 Å². The lowest BCUT2D eigenvalue weighted by atomic mass is 10.2. The van der Waals surface area contributed by atoms with E-state index in [0.717, 1.165) is 0 Å². The smallest absolute Gasteiger partial charge is 0.325 e. The van der Waals surface area contributed by atoms with Gasteiger partial charge in [-0.25, -0.2) is 0 Å². The van der Waals surface area contributed by atoms with Gasteiger partial charge < -0.3 is 15.3 Å². The number of nitrogens with zero attached hydrogens (tertiary/aromatic N) is 3. The van der Waals surface area contributed by atoms with Crippen molar-refractivity contribution in [1.29, 1.82) is 0 Å². The molecule has 0 saturated carbocycles. The van der Waals surface area contributed by atoms with Crippen molar-refractivity contribution < 1.29 is 24.3 Å². The lowest BCUT2D eigenvalue weighted by molar-refractivity contribution is -0.165. The van der Waals surface area contributed by atoms with Gasteiger partial charge in [-0.15, -0.1) is 15.3 Å². The summed E-state index contributed by atoms with van der Waals surface area (Å²) in [6.07, 6.45) is 0.194. The molecule has 2 amide bonds. The monoisotopic (exact) mass is 330 g/mol. The molecule has 1 saturated heterocycles. The first-order valence-electron chi connectivity index (χ1n) is 7.26. The van der Waals surface area contributed by atoms with Crippen molar-refractivity contribution in [3.05, 3.63) is 24.3 Å². The molecule has 0 spiro atoms. The molecule has 2 N–H and O–H groups in total. The highest BCUT2D eigenvalue weighted by Crippen LogP contribution is 2.29. The van der Waals surface area contributed by atoms with E-state index in [9.17, 15) is 14.4 Å². The van der Waals surface area contributed by atoms with Gasteiger partial charge in [-0.3, -0.25) is 14.4 Å². The van der Waals surface area contributed by atoms with Crippen LogP contribution in [0, 0.1) is 0 Å². The highest BCUT2D eigenvalue weighted by Gasteiger charge is 2.32. The van der Waals surface area contributed by atoms with Crippen LogP contribution in [0.15, 0.2) is 24.3 Å². The number of amides is 2. The maximum Gasteiger partial charge on any atom is 0.325 e. The second kappa shape index (κ2) is 6.11. The number of carboxylic acids is 1. The van der Waals surface area contributed by atoms with Gasteiger partial charge in [0.15, 0.2) is 5.82 Å². The minimum absolute atomic E-state index is 0.00253. The highest BCUT2D eigenvalue weighted by molar-refractivity contribution is 6.01. The number of carbonyl (C=O) groups is 3. The third kappa shape index (κ3) is 2.83. The number of aliphatic carboxylic acids is 1. The molecule has 0 bridgehead atoms. The van der Waals surface area contributed by atoms with Crippen LogP contribution in [0.1, 0.15) is 19.8 Å². The van der Waals surface area contributed by atoms with Crippen molar-refractivity contribution >= 4 is 34.4 Å². The largest absolute Gasteiger partial charge is 0.480 e. The van der Waals surface area contributed by atoms with Gasteiger partial charge in [0, 0.05) is 18.2 Å². The summed E-state index contributed by atoms with van der Waals surface area (Å²) in [7, 11) is 0. The first-order valence-corrected chi connectivity index (χ1v) is 7.26. The van der Waals surface area contributed by atoms with E-state index in [4.69, 9.17) is 9.94 Å². The van der Waals surface area contributed by atoms with Crippen LogP contribution in [-0.4, -0.2) is 44.2 Å². The Hall–Kier alpha value is -3.23. The number of imide groups is 1. The molecule has 1 fully saturated rings. The molecular weight excluding hydrogens is 316 g/mol. The molecule has 0 radical (unpaired) electrons. The van der Waals surface area contributed by atoms with Crippen LogP contribution in [0.25, 0.3) is 10.8 Å². The molecule has 24 heavy (non-hydrogen) atoms. The van der Waals surface area contributed by atoms with Gasteiger partial charge in [0.25, 0.3) is 17.7 Å². The molecule has 1 aromatic heterocycles. The summed E-state index contributed by atoms with van der Waals surface area (Å²) in [5, 5.41) is 21.3. The number of fused-ring (bicyclic) bond motifs is 1. The fourth-order valence-electron chi connectivity index (χ4n) is 2.26. The maximum atomic E-state index is 11.7. The van der Waals surface area contributed by atoms with Crippen molar-refractivity contribution in [1.82, 2.24) is 15.3 Å². The average Bonchev–Trinajstić information content (AvgIpc) is 2.88. The van der Waals surface area contributed by atoms with Crippen LogP contribution >= 0.6 is 0 Å². The molecule has 1 unspecified atom stereocenters. The zero-order valence-electron chi connectivity index (χ0n) is 12.7. The second-order valence-electron chi connectivity index (χ2n) is 5.28. The molecule has 3 rings (SSSR count).